The van der Waals surface area contributed by atoms with E-state index in [4.69, 9.17) is 10.5 Å². The zero-order valence-corrected chi connectivity index (χ0v) is 10.7. The van der Waals surface area contributed by atoms with Gasteiger partial charge in [-0.05, 0) is 31.0 Å². The van der Waals surface area contributed by atoms with Crippen LogP contribution in [0.5, 0.6) is 0 Å². The Hall–Kier alpha value is -1.46. The summed E-state index contributed by atoms with van der Waals surface area (Å²) in [6.07, 6.45) is 0.977. The van der Waals surface area contributed by atoms with E-state index in [9.17, 15) is 9.18 Å². The van der Waals surface area contributed by atoms with Gasteiger partial charge >= 0.3 is 0 Å². The smallest absolute Gasteiger partial charge is 0.252 e. The van der Waals surface area contributed by atoms with Crippen molar-refractivity contribution < 1.29 is 13.9 Å². The van der Waals surface area contributed by atoms with Gasteiger partial charge in [0.1, 0.15) is 5.82 Å². The van der Waals surface area contributed by atoms with E-state index in [0.29, 0.717) is 18.1 Å². The summed E-state index contributed by atoms with van der Waals surface area (Å²) in [6, 6.07) is 3.96. The molecule has 102 valence electrons. The number of nitrogens with one attached hydrogen (secondary N) is 1. The molecule has 1 aromatic rings. The third-order valence-corrected chi connectivity index (χ3v) is 4.19. The quantitative estimate of drug-likeness (QED) is 0.837. The second-order valence-electron chi connectivity index (χ2n) is 5.32. The summed E-state index contributed by atoms with van der Waals surface area (Å²) >= 11 is 0. The molecule has 0 spiro atoms. The summed E-state index contributed by atoms with van der Waals surface area (Å²) < 4.78 is 18.8. The largest absolute Gasteiger partial charge is 0.376 e. The van der Waals surface area contributed by atoms with Crippen molar-refractivity contribution >= 4 is 5.91 Å². The molecule has 1 saturated heterocycles. The lowest BCUT2D eigenvalue weighted by atomic mass is 9.72. The molecular formula is C14H17FN2O2. The second-order valence-corrected chi connectivity index (χ2v) is 5.32. The maximum Gasteiger partial charge on any atom is 0.252 e. The minimum Gasteiger partial charge on any atom is -0.376 e. The third-order valence-electron chi connectivity index (χ3n) is 4.19. The first-order chi connectivity index (χ1) is 9.08. The first kappa shape index (κ1) is 12.6. The average Bonchev–Trinajstić information content (AvgIpc) is 2.83. The van der Waals surface area contributed by atoms with Crippen molar-refractivity contribution in [3.8, 4) is 0 Å². The van der Waals surface area contributed by atoms with E-state index in [1.165, 1.54) is 12.1 Å². The Morgan fingerprint density at radius 2 is 2.32 bits per heavy atom. The molecule has 3 N–H and O–H groups in total. The first-order valence-corrected chi connectivity index (χ1v) is 6.52. The highest BCUT2D eigenvalue weighted by atomic mass is 19.1. The van der Waals surface area contributed by atoms with Crippen molar-refractivity contribution in [3.63, 3.8) is 0 Å². The Morgan fingerprint density at radius 1 is 1.53 bits per heavy atom. The second kappa shape index (κ2) is 4.58. The predicted molar refractivity (Wildman–Crippen MR) is 68.2 cm³/mol. The number of carbonyl (C=O) groups is 1. The molecule has 3 rings (SSSR count). The number of carbonyl (C=O) groups excluding carboxylic acids is 1. The van der Waals surface area contributed by atoms with Crippen LogP contribution in [0.1, 0.15) is 22.3 Å². The molecule has 4 nitrogen and oxygen atoms in total. The normalized spacial score (nSPS) is 32.6. The number of ether oxygens (including phenoxy) is 1. The van der Waals surface area contributed by atoms with Crippen molar-refractivity contribution in [3.05, 3.63) is 35.1 Å². The van der Waals surface area contributed by atoms with E-state index in [1.807, 2.05) is 0 Å². The third kappa shape index (κ3) is 2.03. The molecular weight excluding hydrogens is 247 g/mol. The molecule has 1 aliphatic carbocycles. The van der Waals surface area contributed by atoms with Gasteiger partial charge in [0.05, 0.1) is 12.1 Å². The van der Waals surface area contributed by atoms with Gasteiger partial charge in [0, 0.05) is 24.1 Å². The fourth-order valence-electron chi connectivity index (χ4n) is 3.00. The Kier molecular flexibility index (Phi) is 3.03. The van der Waals surface area contributed by atoms with Crippen LogP contribution in [-0.4, -0.2) is 30.7 Å². The van der Waals surface area contributed by atoms with Gasteiger partial charge in [-0.15, -0.1) is 0 Å². The Labute approximate surface area is 111 Å². The van der Waals surface area contributed by atoms with Gasteiger partial charge in [0.2, 0.25) is 0 Å². The van der Waals surface area contributed by atoms with Gasteiger partial charge in [0.25, 0.3) is 5.91 Å². The molecule has 0 bridgehead atoms. The maximum atomic E-state index is 13.2. The van der Waals surface area contributed by atoms with Crippen LogP contribution in [0.25, 0.3) is 0 Å². The van der Waals surface area contributed by atoms with Crippen LogP contribution < -0.4 is 11.1 Å². The fourth-order valence-corrected chi connectivity index (χ4v) is 3.00. The Morgan fingerprint density at radius 3 is 3.11 bits per heavy atom. The lowest BCUT2D eigenvalue weighted by Gasteiger charge is -2.45. The number of fused-ring (bicyclic) bond motifs is 1. The molecule has 1 amide bonds. The van der Waals surface area contributed by atoms with Gasteiger partial charge in [-0.2, -0.15) is 0 Å². The topological polar surface area (TPSA) is 64.4 Å². The van der Waals surface area contributed by atoms with Crippen molar-refractivity contribution in [2.24, 2.45) is 11.7 Å². The zero-order chi connectivity index (χ0) is 13.6. The fraction of sp³-hybridized carbons (Fsp3) is 0.500. The number of hydrogen-bond donors (Lipinski definition) is 2. The molecule has 4 unspecified atom stereocenters. The van der Waals surface area contributed by atoms with E-state index in [-0.39, 0.29) is 24.1 Å². The van der Waals surface area contributed by atoms with E-state index in [2.05, 4.69) is 5.32 Å². The number of amides is 1. The number of halogens is 1. The van der Waals surface area contributed by atoms with Crippen LogP contribution in [0, 0.1) is 18.7 Å². The van der Waals surface area contributed by atoms with Gasteiger partial charge in [-0.25, -0.2) is 4.39 Å². The summed E-state index contributed by atoms with van der Waals surface area (Å²) in [7, 11) is 0. The van der Waals surface area contributed by atoms with E-state index < -0.39 is 5.82 Å². The van der Waals surface area contributed by atoms with E-state index >= 15 is 0 Å². The highest BCUT2D eigenvalue weighted by molar-refractivity contribution is 5.96. The van der Waals surface area contributed by atoms with Gasteiger partial charge in [0.15, 0.2) is 0 Å². The Balaban J connectivity index is 1.73. The molecule has 1 heterocycles. The van der Waals surface area contributed by atoms with Crippen LogP contribution in [0.2, 0.25) is 0 Å². The molecule has 5 heteroatoms. The van der Waals surface area contributed by atoms with Gasteiger partial charge < -0.3 is 15.8 Å². The molecule has 1 aliphatic heterocycles. The van der Waals surface area contributed by atoms with Gasteiger partial charge in [-0.3, -0.25) is 4.79 Å². The SMILES string of the molecule is Cc1ccc(F)cc1C(=O)NC1C(N)C2CCOC21. The van der Waals surface area contributed by atoms with Crippen molar-refractivity contribution in [1.29, 1.82) is 0 Å². The molecule has 0 radical (unpaired) electrons. The standard InChI is InChI=1S/C14H17FN2O2/c1-7-2-3-8(15)6-10(7)14(18)17-12-11(16)9-4-5-19-13(9)12/h2-3,6,9,11-13H,4-5,16H2,1H3,(H,17,18). The number of hydrogen-bond acceptors (Lipinski definition) is 3. The van der Waals surface area contributed by atoms with Crippen LogP contribution in [0.3, 0.4) is 0 Å². The predicted octanol–water partition coefficient (Wildman–Crippen LogP) is 0.979. The first-order valence-electron chi connectivity index (χ1n) is 6.52. The van der Waals surface area contributed by atoms with E-state index in [1.54, 1.807) is 13.0 Å². The monoisotopic (exact) mass is 264 g/mol. The minimum atomic E-state index is -0.413. The summed E-state index contributed by atoms with van der Waals surface area (Å²) in [6.45, 7) is 2.48. The van der Waals surface area contributed by atoms with E-state index in [0.717, 1.165) is 12.0 Å². The minimum absolute atomic E-state index is 0.0211. The van der Waals surface area contributed by atoms with Crippen molar-refractivity contribution in [2.75, 3.05) is 6.61 Å². The summed E-state index contributed by atoms with van der Waals surface area (Å²) in [4.78, 5) is 12.2. The molecule has 1 saturated carbocycles. The van der Waals surface area contributed by atoms with Crippen LogP contribution in [0.4, 0.5) is 4.39 Å². The number of rotatable bonds is 2. The van der Waals surface area contributed by atoms with Gasteiger partial charge in [-0.1, -0.05) is 6.07 Å². The molecule has 4 atom stereocenters. The lowest BCUT2D eigenvalue weighted by molar-refractivity contribution is -0.0161. The molecule has 2 fully saturated rings. The van der Waals surface area contributed by atoms with Crippen molar-refractivity contribution in [1.82, 2.24) is 5.32 Å². The molecule has 1 aromatic carbocycles. The van der Waals surface area contributed by atoms with Crippen LogP contribution in [0.15, 0.2) is 18.2 Å². The summed E-state index contributed by atoms with van der Waals surface area (Å²) in [5.74, 6) is -0.353. The van der Waals surface area contributed by atoms with Crippen LogP contribution >= 0.6 is 0 Å². The molecule has 19 heavy (non-hydrogen) atoms. The summed E-state index contributed by atoms with van der Waals surface area (Å²) in [5.41, 5.74) is 7.13. The zero-order valence-electron chi connectivity index (χ0n) is 10.7. The average molecular weight is 264 g/mol. The highest BCUT2D eigenvalue weighted by Gasteiger charge is 2.52. The van der Waals surface area contributed by atoms with Crippen molar-refractivity contribution in [2.45, 2.75) is 31.5 Å². The summed E-state index contributed by atoms with van der Waals surface area (Å²) in [5, 5.41) is 2.87. The number of benzene rings is 1. The number of aryl methyl sites for hydroxylation is 1. The lowest BCUT2D eigenvalue weighted by Crippen LogP contribution is -2.69. The highest BCUT2D eigenvalue weighted by Crippen LogP contribution is 2.37. The number of nitrogens with two attached hydrogens (primary N) is 1. The molecule has 2 aliphatic rings. The maximum absolute atomic E-state index is 13.2. The van der Waals surface area contributed by atoms with Crippen LogP contribution in [-0.2, 0) is 4.74 Å². The molecule has 0 aromatic heterocycles. The Bertz CT molecular complexity index is 520.